The first-order valence-electron chi connectivity index (χ1n) is 17.5. The Morgan fingerprint density at radius 1 is 0.346 bits per heavy atom. The predicted molar refractivity (Wildman–Crippen MR) is 221 cm³/mol. The number of hydrogen-bond acceptors (Lipinski definition) is 4. The highest BCUT2D eigenvalue weighted by atomic mass is 32.1. The largest absolute Gasteiger partial charge is 0.454 e. The number of nitrogens with zero attached hydrogens (tertiary/aromatic N) is 2. The van der Waals surface area contributed by atoms with E-state index in [2.05, 4.69) is 204 Å². The van der Waals surface area contributed by atoms with Crippen molar-refractivity contribution in [3.05, 3.63) is 194 Å². The van der Waals surface area contributed by atoms with Gasteiger partial charge in [-0.05, 0) is 90.0 Å². The summed E-state index contributed by atoms with van der Waals surface area (Å²) in [4.78, 5) is 4.63. The number of anilines is 6. The lowest BCUT2D eigenvalue weighted by atomic mass is 10.0. The van der Waals surface area contributed by atoms with E-state index >= 15 is 0 Å². The molecule has 0 bridgehead atoms. The third-order valence-corrected chi connectivity index (χ3v) is 11.0. The summed E-state index contributed by atoms with van der Waals surface area (Å²) in [7, 11) is 0. The number of benzene rings is 8. The Kier molecular flexibility index (Phi) is 7.33. The first kappa shape index (κ1) is 30.2. The molecule has 10 aromatic rings. The normalized spacial score (nSPS) is 11.5. The Balaban J connectivity index is 1.11. The molecule has 3 nitrogen and oxygen atoms in total. The quantitative estimate of drug-likeness (QED) is 0.167. The van der Waals surface area contributed by atoms with Gasteiger partial charge in [0.2, 0.25) is 0 Å². The Hall–Kier alpha value is -6.62. The molecule has 0 aliphatic rings. The molecule has 0 fully saturated rings. The number of thiophene rings is 1. The number of para-hydroxylation sites is 3. The van der Waals surface area contributed by atoms with Crippen LogP contribution < -0.4 is 9.80 Å². The fourth-order valence-corrected chi connectivity index (χ4v) is 8.54. The number of fused-ring (bicyclic) bond motifs is 6. The van der Waals surface area contributed by atoms with Crippen molar-refractivity contribution in [3.8, 4) is 11.1 Å². The molecule has 0 spiro atoms. The van der Waals surface area contributed by atoms with Crippen molar-refractivity contribution in [2.45, 2.75) is 0 Å². The third kappa shape index (κ3) is 5.20. The monoisotopic (exact) mass is 684 g/mol. The average molecular weight is 685 g/mol. The molecule has 0 aliphatic carbocycles. The summed E-state index contributed by atoms with van der Waals surface area (Å²) in [6, 6.07) is 68.9. The van der Waals surface area contributed by atoms with Crippen LogP contribution >= 0.6 is 11.3 Å². The molecule has 10 rings (SSSR count). The maximum absolute atomic E-state index is 6.78. The van der Waals surface area contributed by atoms with Gasteiger partial charge in [-0.2, -0.15) is 0 Å². The molecule has 246 valence electrons. The van der Waals surface area contributed by atoms with Crippen LogP contribution in [0.15, 0.2) is 199 Å². The number of furan rings is 1. The zero-order valence-corrected chi connectivity index (χ0v) is 29.0. The van der Waals surface area contributed by atoms with Crippen molar-refractivity contribution in [2.75, 3.05) is 9.80 Å². The SMILES string of the molecule is c1ccc(-c2ccc(N(c3ccccc3)c3cccc4c3oc3ccc(N(c5ccccc5)c5ccc6c(c5)sc5ccccc56)cc34)cc2)cc1. The van der Waals surface area contributed by atoms with E-state index in [0.29, 0.717) is 0 Å². The molecule has 0 radical (unpaired) electrons. The van der Waals surface area contributed by atoms with E-state index in [0.717, 1.165) is 56.1 Å². The van der Waals surface area contributed by atoms with Gasteiger partial charge >= 0.3 is 0 Å². The van der Waals surface area contributed by atoms with Crippen molar-refractivity contribution in [1.29, 1.82) is 0 Å². The molecular weight excluding hydrogens is 653 g/mol. The van der Waals surface area contributed by atoms with Gasteiger partial charge < -0.3 is 14.2 Å². The molecule has 52 heavy (non-hydrogen) atoms. The van der Waals surface area contributed by atoms with Crippen LogP contribution in [-0.2, 0) is 0 Å². The Morgan fingerprint density at radius 3 is 1.67 bits per heavy atom. The summed E-state index contributed by atoms with van der Waals surface area (Å²) in [6.07, 6.45) is 0. The lowest BCUT2D eigenvalue weighted by Gasteiger charge is -2.25. The van der Waals surface area contributed by atoms with Gasteiger partial charge in [-0.15, -0.1) is 11.3 Å². The summed E-state index contributed by atoms with van der Waals surface area (Å²) in [5.41, 5.74) is 10.5. The molecule has 0 saturated carbocycles. The summed E-state index contributed by atoms with van der Waals surface area (Å²) in [5, 5.41) is 4.74. The van der Waals surface area contributed by atoms with E-state index < -0.39 is 0 Å². The standard InChI is InChI=1S/C48H32N2OS/c1-4-13-33(14-5-1)34-23-25-37(26-24-34)50(36-17-8-3-9-18-36)44-21-12-20-42-43-31-38(28-30-45(43)51-48(42)44)49(35-15-6-2-7-16-35)39-27-29-41-40-19-10-11-22-46(40)52-47(41)32-39/h1-32H. The molecule has 0 saturated heterocycles. The zero-order chi connectivity index (χ0) is 34.4. The second-order valence-electron chi connectivity index (χ2n) is 13.0. The molecule has 0 atom stereocenters. The minimum Gasteiger partial charge on any atom is -0.454 e. The van der Waals surface area contributed by atoms with Crippen LogP contribution in [0.2, 0.25) is 0 Å². The second kappa shape index (κ2) is 12.6. The summed E-state index contributed by atoms with van der Waals surface area (Å²) in [6.45, 7) is 0. The average Bonchev–Trinajstić information content (AvgIpc) is 3.78. The smallest absolute Gasteiger partial charge is 0.159 e. The molecule has 2 aromatic heterocycles. The lowest BCUT2D eigenvalue weighted by molar-refractivity contribution is 0.669. The highest BCUT2D eigenvalue weighted by Crippen LogP contribution is 2.45. The van der Waals surface area contributed by atoms with Gasteiger partial charge in [-0.1, -0.05) is 115 Å². The summed E-state index contributed by atoms with van der Waals surface area (Å²) < 4.78 is 9.36. The van der Waals surface area contributed by atoms with Crippen LogP contribution in [0, 0.1) is 0 Å². The minimum atomic E-state index is 0.851. The summed E-state index contributed by atoms with van der Waals surface area (Å²) >= 11 is 1.84. The third-order valence-electron chi connectivity index (χ3n) is 9.84. The van der Waals surface area contributed by atoms with Crippen molar-refractivity contribution < 1.29 is 4.42 Å². The Bertz CT molecular complexity index is 2840. The minimum absolute atomic E-state index is 0.851. The van der Waals surface area contributed by atoms with E-state index in [-0.39, 0.29) is 0 Å². The van der Waals surface area contributed by atoms with Crippen LogP contribution in [0.5, 0.6) is 0 Å². The van der Waals surface area contributed by atoms with E-state index in [1.165, 1.54) is 31.3 Å². The van der Waals surface area contributed by atoms with E-state index in [1.54, 1.807) is 0 Å². The van der Waals surface area contributed by atoms with Crippen molar-refractivity contribution in [2.24, 2.45) is 0 Å². The molecule has 8 aromatic carbocycles. The Labute approximate surface area is 305 Å². The van der Waals surface area contributed by atoms with Crippen molar-refractivity contribution >= 4 is 87.6 Å². The van der Waals surface area contributed by atoms with E-state index in [4.69, 9.17) is 4.42 Å². The van der Waals surface area contributed by atoms with Crippen molar-refractivity contribution in [1.82, 2.24) is 0 Å². The molecule has 4 heteroatoms. The zero-order valence-electron chi connectivity index (χ0n) is 28.2. The van der Waals surface area contributed by atoms with E-state index in [9.17, 15) is 0 Å². The van der Waals surface area contributed by atoms with Gasteiger partial charge in [-0.3, -0.25) is 0 Å². The highest BCUT2D eigenvalue weighted by Gasteiger charge is 2.21. The van der Waals surface area contributed by atoms with Gasteiger partial charge in [0.1, 0.15) is 5.58 Å². The van der Waals surface area contributed by atoms with Crippen molar-refractivity contribution in [3.63, 3.8) is 0 Å². The maximum atomic E-state index is 6.78. The highest BCUT2D eigenvalue weighted by molar-refractivity contribution is 7.25. The predicted octanol–water partition coefficient (Wildman–Crippen LogP) is 14.6. The van der Waals surface area contributed by atoms with Crippen LogP contribution in [-0.4, -0.2) is 0 Å². The fraction of sp³-hybridized carbons (Fsp3) is 0. The van der Waals surface area contributed by atoms with Gasteiger partial charge in [0.15, 0.2) is 5.58 Å². The number of rotatable bonds is 7. The van der Waals surface area contributed by atoms with Crippen LogP contribution in [0.1, 0.15) is 0 Å². The van der Waals surface area contributed by atoms with Gasteiger partial charge in [0.25, 0.3) is 0 Å². The van der Waals surface area contributed by atoms with E-state index in [1.807, 2.05) is 11.3 Å². The van der Waals surface area contributed by atoms with Gasteiger partial charge in [0.05, 0.1) is 5.69 Å². The first-order chi connectivity index (χ1) is 25.8. The second-order valence-corrected chi connectivity index (χ2v) is 14.1. The molecule has 0 unspecified atom stereocenters. The molecular formula is C48H32N2OS. The molecule has 0 N–H and O–H groups in total. The topological polar surface area (TPSA) is 19.6 Å². The fourth-order valence-electron chi connectivity index (χ4n) is 7.40. The molecule has 0 amide bonds. The number of hydrogen-bond donors (Lipinski definition) is 0. The molecule has 0 aliphatic heterocycles. The first-order valence-corrected chi connectivity index (χ1v) is 18.3. The molecule has 2 heterocycles. The maximum Gasteiger partial charge on any atom is 0.159 e. The van der Waals surface area contributed by atoms with Crippen LogP contribution in [0.3, 0.4) is 0 Å². The van der Waals surface area contributed by atoms with Gasteiger partial charge in [0, 0.05) is 59.4 Å². The summed E-state index contributed by atoms with van der Waals surface area (Å²) in [5.74, 6) is 0. The lowest BCUT2D eigenvalue weighted by Crippen LogP contribution is -2.10. The van der Waals surface area contributed by atoms with Crippen LogP contribution in [0.4, 0.5) is 34.1 Å². The Morgan fingerprint density at radius 2 is 0.904 bits per heavy atom. The van der Waals surface area contributed by atoms with Gasteiger partial charge in [-0.25, -0.2) is 0 Å². The van der Waals surface area contributed by atoms with Crippen LogP contribution in [0.25, 0.3) is 53.2 Å².